The van der Waals surface area contributed by atoms with E-state index in [1.165, 1.54) is 11.8 Å². The Morgan fingerprint density at radius 2 is 2.05 bits per heavy atom. The minimum absolute atomic E-state index is 0.0682. The van der Waals surface area contributed by atoms with Crippen LogP contribution in [0.2, 0.25) is 0 Å². The van der Waals surface area contributed by atoms with E-state index in [2.05, 4.69) is 15.9 Å². The minimum Gasteiger partial charge on any atom is -0.479 e. The molecule has 1 saturated carbocycles. The molecule has 4 nitrogen and oxygen atoms in total. The van der Waals surface area contributed by atoms with Crippen molar-refractivity contribution in [3.63, 3.8) is 0 Å². The fourth-order valence-corrected chi connectivity index (χ4v) is 2.60. The number of carbonyl (C=O) groups excluding carboxylic acids is 1. The van der Waals surface area contributed by atoms with E-state index in [1.54, 1.807) is 12.1 Å². The molecule has 1 fully saturated rings. The molecule has 102 valence electrons. The number of aryl methyl sites for hydroxylation is 1. The minimum atomic E-state index is -0.988. The van der Waals surface area contributed by atoms with Crippen LogP contribution in [-0.4, -0.2) is 27.9 Å². The molecular weight excluding hydrogens is 310 g/mol. The predicted octanol–water partition coefficient (Wildman–Crippen LogP) is 2.89. The van der Waals surface area contributed by atoms with E-state index in [9.17, 15) is 14.7 Å². The molecule has 0 bridgehead atoms. The second-order valence-corrected chi connectivity index (χ2v) is 5.76. The Morgan fingerprint density at radius 1 is 1.42 bits per heavy atom. The largest absolute Gasteiger partial charge is 0.479 e. The van der Waals surface area contributed by atoms with E-state index in [4.69, 9.17) is 0 Å². The van der Waals surface area contributed by atoms with Gasteiger partial charge < -0.3 is 10.0 Å². The molecular formula is C14H16BrNO3. The van der Waals surface area contributed by atoms with Crippen LogP contribution >= 0.6 is 15.9 Å². The SMILES string of the molecule is CC(=O)N(C1CC1)C(C(=O)O)c1ccc(C)c(Br)c1. The molecule has 1 aliphatic carbocycles. The van der Waals surface area contributed by atoms with Crippen molar-refractivity contribution in [2.24, 2.45) is 0 Å². The number of benzene rings is 1. The summed E-state index contributed by atoms with van der Waals surface area (Å²) in [5.74, 6) is -1.18. The number of carboxylic acid groups (broad SMARTS) is 1. The molecule has 0 saturated heterocycles. The third-order valence-corrected chi connectivity index (χ3v) is 4.18. The molecule has 0 spiro atoms. The maximum atomic E-state index is 11.7. The highest BCUT2D eigenvalue weighted by molar-refractivity contribution is 9.10. The van der Waals surface area contributed by atoms with E-state index in [0.29, 0.717) is 5.56 Å². The summed E-state index contributed by atoms with van der Waals surface area (Å²) in [7, 11) is 0. The second kappa shape index (κ2) is 5.33. The van der Waals surface area contributed by atoms with Crippen molar-refractivity contribution >= 4 is 27.8 Å². The van der Waals surface area contributed by atoms with Gasteiger partial charge in [0.15, 0.2) is 6.04 Å². The number of carboxylic acids is 1. The number of amides is 1. The quantitative estimate of drug-likeness (QED) is 0.926. The molecule has 1 N–H and O–H groups in total. The third-order valence-electron chi connectivity index (χ3n) is 3.33. The highest BCUT2D eigenvalue weighted by Gasteiger charge is 2.39. The summed E-state index contributed by atoms with van der Waals surface area (Å²) in [5.41, 5.74) is 1.67. The number of halogens is 1. The average Bonchev–Trinajstić information content (AvgIpc) is 3.12. The van der Waals surface area contributed by atoms with Crippen LogP contribution in [0.3, 0.4) is 0 Å². The van der Waals surface area contributed by atoms with Crippen molar-refractivity contribution in [1.82, 2.24) is 4.90 Å². The van der Waals surface area contributed by atoms with E-state index in [1.807, 2.05) is 13.0 Å². The van der Waals surface area contributed by atoms with Crippen molar-refractivity contribution in [3.8, 4) is 0 Å². The van der Waals surface area contributed by atoms with Crippen molar-refractivity contribution < 1.29 is 14.7 Å². The van der Waals surface area contributed by atoms with Gasteiger partial charge >= 0.3 is 5.97 Å². The molecule has 1 unspecified atom stereocenters. The van der Waals surface area contributed by atoms with Gasteiger partial charge in [-0.05, 0) is 37.0 Å². The zero-order valence-electron chi connectivity index (χ0n) is 10.9. The Morgan fingerprint density at radius 3 is 2.47 bits per heavy atom. The van der Waals surface area contributed by atoms with Crippen LogP contribution in [0.25, 0.3) is 0 Å². The monoisotopic (exact) mass is 325 g/mol. The van der Waals surface area contributed by atoms with E-state index >= 15 is 0 Å². The van der Waals surface area contributed by atoms with Gasteiger partial charge in [0.05, 0.1) is 0 Å². The normalized spacial score (nSPS) is 15.9. The molecule has 0 aromatic heterocycles. The lowest BCUT2D eigenvalue weighted by Crippen LogP contribution is -2.39. The number of hydrogen-bond acceptors (Lipinski definition) is 2. The van der Waals surface area contributed by atoms with E-state index in [-0.39, 0.29) is 11.9 Å². The maximum Gasteiger partial charge on any atom is 0.331 e. The fourth-order valence-electron chi connectivity index (χ4n) is 2.20. The lowest BCUT2D eigenvalue weighted by molar-refractivity contribution is -0.150. The molecule has 1 aromatic carbocycles. The van der Waals surface area contributed by atoms with Gasteiger partial charge in [-0.25, -0.2) is 4.79 Å². The molecule has 2 rings (SSSR count). The predicted molar refractivity (Wildman–Crippen MR) is 74.8 cm³/mol. The summed E-state index contributed by atoms with van der Waals surface area (Å²) in [6.45, 7) is 3.37. The topological polar surface area (TPSA) is 57.6 Å². The summed E-state index contributed by atoms with van der Waals surface area (Å²) in [4.78, 5) is 24.8. The first kappa shape index (κ1) is 14.1. The highest BCUT2D eigenvalue weighted by atomic mass is 79.9. The Kier molecular flexibility index (Phi) is 3.94. The van der Waals surface area contributed by atoms with Gasteiger partial charge in [0.1, 0.15) is 0 Å². The van der Waals surface area contributed by atoms with Gasteiger partial charge in [-0.3, -0.25) is 4.79 Å². The molecule has 1 atom stereocenters. The number of aliphatic carboxylic acids is 1. The van der Waals surface area contributed by atoms with Crippen LogP contribution in [-0.2, 0) is 9.59 Å². The lowest BCUT2D eigenvalue weighted by atomic mass is 10.0. The summed E-state index contributed by atoms with van der Waals surface area (Å²) < 4.78 is 0.857. The van der Waals surface area contributed by atoms with Crippen LogP contribution in [0.15, 0.2) is 22.7 Å². The van der Waals surface area contributed by atoms with E-state index in [0.717, 1.165) is 22.9 Å². The zero-order chi connectivity index (χ0) is 14.2. The average molecular weight is 326 g/mol. The smallest absolute Gasteiger partial charge is 0.331 e. The summed E-state index contributed by atoms with van der Waals surface area (Å²) in [5, 5.41) is 9.47. The first-order valence-corrected chi connectivity index (χ1v) is 6.99. The molecule has 1 amide bonds. The van der Waals surface area contributed by atoms with Crippen LogP contribution in [0, 0.1) is 6.92 Å². The molecule has 1 aromatic rings. The Hall–Kier alpha value is -1.36. The van der Waals surface area contributed by atoms with Crippen LogP contribution in [0.5, 0.6) is 0 Å². The zero-order valence-corrected chi connectivity index (χ0v) is 12.5. The summed E-state index contributed by atoms with van der Waals surface area (Å²) in [6.07, 6.45) is 1.77. The van der Waals surface area contributed by atoms with Crippen molar-refractivity contribution in [1.29, 1.82) is 0 Å². The van der Waals surface area contributed by atoms with Gasteiger partial charge in [0.25, 0.3) is 0 Å². The number of rotatable bonds is 4. The molecule has 0 heterocycles. The molecule has 1 aliphatic rings. The van der Waals surface area contributed by atoms with Gasteiger partial charge in [0, 0.05) is 17.4 Å². The number of carbonyl (C=O) groups is 2. The van der Waals surface area contributed by atoms with Crippen LogP contribution < -0.4 is 0 Å². The summed E-state index contributed by atoms with van der Waals surface area (Å²) in [6, 6.07) is 4.59. The first-order chi connectivity index (χ1) is 8.91. The Labute approximate surface area is 120 Å². The van der Waals surface area contributed by atoms with Gasteiger partial charge in [0.2, 0.25) is 5.91 Å². The third kappa shape index (κ3) is 2.97. The number of hydrogen-bond donors (Lipinski definition) is 1. The molecule has 0 radical (unpaired) electrons. The fraction of sp³-hybridized carbons (Fsp3) is 0.429. The maximum absolute atomic E-state index is 11.7. The standard InChI is InChI=1S/C14H16BrNO3/c1-8-3-4-10(7-12(8)15)13(14(18)19)16(9(2)17)11-5-6-11/h3-4,7,11,13H,5-6H2,1-2H3,(H,18,19). The molecule has 5 heteroatoms. The van der Waals surface area contributed by atoms with Gasteiger partial charge in [-0.2, -0.15) is 0 Å². The summed E-state index contributed by atoms with van der Waals surface area (Å²) >= 11 is 3.41. The van der Waals surface area contributed by atoms with Crippen molar-refractivity contribution in [2.45, 2.75) is 38.8 Å². The lowest BCUT2D eigenvalue weighted by Gasteiger charge is -2.28. The van der Waals surface area contributed by atoms with E-state index < -0.39 is 12.0 Å². The second-order valence-electron chi connectivity index (χ2n) is 4.91. The van der Waals surface area contributed by atoms with Crippen LogP contribution in [0.1, 0.15) is 36.9 Å². The Bertz CT molecular complexity index is 525. The molecule has 19 heavy (non-hydrogen) atoms. The van der Waals surface area contributed by atoms with Gasteiger partial charge in [-0.15, -0.1) is 0 Å². The number of nitrogens with zero attached hydrogens (tertiary/aromatic N) is 1. The first-order valence-electron chi connectivity index (χ1n) is 6.19. The Balaban J connectivity index is 2.41. The van der Waals surface area contributed by atoms with Crippen LogP contribution in [0.4, 0.5) is 0 Å². The van der Waals surface area contributed by atoms with Crippen molar-refractivity contribution in [2.75, 3.05) is 0 Å². The van der Waals surface area contributed by atoms with Crippen molar-refractivity contribution in [3.05, 3.63) is 33.8 Å². The van der Waals surface area contributed by atoms with Gasteiger partial charge in [-0.1, -0.05) is 28.1 Å². The highest BCUT2D eigenvalue weighted by Crippen LogP contribution is 2.35. The molecule has 0 aliphatic heterocycles.